The molecule has 0 radical (unpaired) electrons. The van der Waals surface area contributed by atoms with Gasteiger partial charge in [0.2, 0.25) is 0 Å². The minimum atomic E-state index is -0.212. The molecule has 1 amide bonds. The number of benzene rings is 1. The zero-order chi connectivity index (χ0) is 13.1. The molecule has 0 aliphatic heterocycles. The third-order valence-electron chi connectivity index (χ3n) is 2.68. The molecule has 0 aliphatic rings. The van der Waals surface area contributed by atoms with Crippen LogP contribution in [0, 0.1) is 13.8 Å². The zero-order valence-electron chi connectivity index (χ0n) is 10.8. The summed E-state index contributed by atoms with van der Waals surface area (Å²) in [7, 11) is 0. The fourth-order valence-corrected chi connectivity index (χ4v) is 1.81. The Morgan fingerprint density at radius 3 is 2.72 bits per heavy atom. The van der Waals surface area contributed by atoms with E-state index in [1.54, 1.807) is 18.0 Å². The van der Waals surface area contributed by atoms with E-state index < -0.39 is 0 Å². The minimum absolute atomic E-state index is 0.135. The average molecular weight is 244 g/mol. The minimum Gasteiger partial charge on any atom is -0.438 e. The number of amides is 1. The van der Waals surface area contributed by atoms with E-state index in [0.717, 1.165) is 11.3 Å². The highest BCUT2D eigenvalue weighted by atomic mass is 16.4. The molecular weight excluding hydrogens is 228 g/mol. The summed E-state index contributed by atoms with van der Waals surface area (Å²) < 4.78 is 5.28. The largest absolute Gasteiger partial charge is 0.438 e. The molecule has 4 nitrogen and oxygen atoms in total. The fourth-order valence-electron chi connectivity index (χ4n) is 1.81. The summed E-state index contributed by atoms with van der Waals surface area (Å²) in [5, 5.41) is 0. The summed E-state index contributed by atoms with van der Waals surface area (Å²) in [6, 6.07) is 7.81. The second-order valence-corrected chi connectivity index (χ2v) is 4.16. The van der Waals surface area contributed by atoms with Crippen LogP contribution in [0.4, 0.5) is 5.69 Å². The second-order valence-electron chi connectivity index (χ2n) is 4.16. The van der Waals surface area contributed by atoms with Crippen molar-refractivity contribution in [2.75, 3.05) is 11.4 Å². The first-order chi connectivity index (χ1) is 8.61. The molecule has 0 fully saturated rings. The third kappa shape index (κ3) is 2.42. The maximum Gasteiger partial charge on any atom is 0.314 e. The monoisotopic (exact) mass is 244 g/mol. The molecule has 0 N–H and O–H groups in total. The third-order valence-corrected chi connectivity index (χ3v) is 2.68. The number of aromatic nitrogens is 1. The number of oxazole rings is 1. The van der Waals surface area contributed by atoms with Crippen molar-refractivity contribution >= 4 is 11.6 Å². The number of aryl methyl sites for hydroxylation is 2. The van der Waals surface area contributed by atoms with Crippen LogP contribution in [0.2, 0.25) is 0 Å². The van der Waals surface area contributed by atoms with Crippen molar-refractivity contribution in [1.82, 2.24) is 4.98 Å². The van der Waals surface area contributed by atoms with Gasteiger partial charge in [0.15, 0.2) is 0 Å². The molecule has 4 heteroatoms. The molecule has 0 unspecified atom stereocenters. The van der Waals surface area contributed by atoms with Crippen LogP contribution in [0.5, 0.6) is 0 Å². The molecule has 0 spiro atoms. The molecule has 1 aromatic heterocycles. The van der Waals surface area contributed by atoms with Crippen LogP contribution in [0.25, 0.3) is 0 Å². The van der Waals surface area contributed by atoms with Crippen LogP contribution in [-0.4, -0.2) is 17.4 Å². The Balaban J connectivity index is 2.31. The van der Waals surface area contributed by atoms with E-state index in [4.69, 9.17) is 4.42 Å². The highest BCUT2D eigenvalue weighted by molar-refractivity contribution is 6.02. The van der Waals surface area contributed by atoms with E-state index in [9.17, 15) is 4.79 Å². The summed E-state index contributed by atoms with van der Waals surface area (Å²) in [6.07, 6.45) is 1.55. The van der Waals surface area contributed by atoms with Crippen LogP contribution >= 0.6 is 0 Å². The van der Waals surface area contributed by atoms with Gasteiger partial charge >= 0.3 is 5.91 Å². The number of hydrogen-bond acceptors (Lipinski definition) is 3. The van der Waals surface area contributed by atoms with E-state index in [0.29, 0.717) is 12.3 Å². The first-order valence-electron chi connectivity index (χ1n) is 5.92. The van der Waals surface area contributed by atoms with E-state index in [2.05, 4.69) is 4.98 Å². The topological polar surface area (TPSA) is 46.3 Å². The fraction of sp³-hybridized carbons (Fsp3) is 0.286. The molecule has 0 bridgehead atoms. The molecular formula is C14H16N2O2. The van der Waals surface area contributed by atoms with Crippen molar-refractivity contribution in [2.45, 2.75) is 20.8 Å². The number of nitrogens with zero attached hydrogens (tertiary/aromatic N) is 2. The van der Waals surface area contributed by atoms with Gasteiger partial charge in [-0.05, 0) is 38.5 Å². The lowest BCUT2D eigenvalue weighted by molar-refractivity contribution is 0.0953. The van der Waals surface area contributed by atoms with Gasteiger partial charge < -0.3 is 9.32 Å². The Morgan fingerprint density at radius 2 is 2.17 bits per heavy atom. The Morgan fingerprint density at radius 1 is 1.39 bits per heavy atom. The van der Waals surface area contributed by atoms with Crippen LogP contribution in [-0.2, 0) is 0 Å². The summed E-state index contributed by atoms with van der Waals surface area (Å²) in [4.78, 5) is 17.9. The van der Waals surface area contributed by atoms with Gasteiger partial charge in [0.05, 0.1) is 6.20 Å². The maximum absolute atomic E-state index is 12.3. The molecule has 1 aromatic carbocycles. The predicted octanol–water partition coefficient (Wildman–Crippen LogP) is 2.96. The van der Waals surface area contributed by atoms with E-state index in [-0.39, 0.29) is 11.8 Å². The normalized spacial score (nSPS) is 10.4. The molecule has 2 rings (SSSR count). The Labute approximate surface area is 106 Å². The second kappa shape index (κ2) is 5.04. The van der Waals surface area contributed by atoms with Crippen molar-refractivity contribution < 1.29 is 9.21 Å². The lowest BCUT2D eigenvalue weighted by Crippen LogP contribution is -2.30. The average Bonchev–Trinajstić information content (AvgIpc) is 2.77. The first kappa shape index (κ1) is 12.4. The summed E-state index contributed by atoms with van der Waals surface area (Å²) in [5.41, 5.74) is 1.97. The zero-order valence-corrected chi connectivity index (χ0v) is 10.8. The lowest BCUT2D eigenvalue weighted by Gasteiger charge is -2.19. The van der Waals surface area contributed by atoms with Crippen molar-refractivity contribution in [2.24, 2.45) is 0 Å². The van der Waals surface area contributed by atoms with Crippen LogP contribution in [0.15, 0.2) is 34.9 Å². The molecule has 0 atom stereocenters. The SMILES string of the molecule is CCN(C(=O)c1ncc(C)o1)c1cccc(C)c1. The van der Waals surface area contributed by atoms with Gasteiger partial charge in [0.1, 0.15) is 5.76 Å². The quantitative estimate of drug-likeness (QED) is 0.833. The lowest BCUT2D eigenvalue weighted by atomic mass is 10.2. The Hall–Kier alpha value is -2.10. The predicted molar refractivity (Wildman–Crippen MR) is 69.8 cm³/mol. The highest BCUT2D eigenvalue weighted by Gasteiger charge is 2.20. The Kier molecular flexibility index (Phi) is 3.46. The number of anilines is 1. The standard InChI is InChI=1S/C14H16N2O2/c1-4-16(12-7-5-6-10(2)8-12)14(17)13-15-9-11(3)18-13/h5-9H,4H2,1-3H3. The van der Waals surface area contributed by atoms with Crippen LogP contribution in [0.3, 0.4) is 0 Å². The van der Waals surface area contributed by atoms with Gasteiger partial charge in [-0.1, -0.05) is 12.1 Å². The van der Waals surface area contributed by atoms with Crippen LogP contribution < -0.4 is 4.90 Å². The molecule has 18 heavy (non-hydrogen) atoms. The van der Waals surface area contributed by atoms with E-state index in [1.807, 2.05) is 38.1 Å². The highest BCUT2D eigenvalue weighted by Crippen LogP contribution is 2.18. The molecule has 2 aromatic rings. The van der Waals surface area contributed by atoms with Crippen molar-refractivity contribution in [3.63, 3.8) is 0 Å². The van der Waals surface area contributed by atoms with E-state index >= 15 is 0 Å². The summed E-state index contributed by atoms with van der Waals surface area (Å²) in [5.74, 6) is 0.561. The Bertz CT molecular complexity index is 560. The maximum atomic E-state index is 12.3. The molecule has 0 aliphatic carbocycles. The van der Waals surface area contributed by atoms with Gasteiger partial charge in [-0.3, -0.25) is 4.79 Å². The number of carbonyl (C=O) groups excluding carboxylic acids is 1. The first-order valence-corrected chi connectivity index (χ1v) is 5.92. The number of hydrogen-bond donors (Lipinski definition) is 0. The van der Waals surface area contributed by atoms with Crippen molar-refractivity contribution in [1.29, 1.82) is 0 Å². The summed E-state index contributed by atoms with van der Waals surface area (Å²) in [6.45, 7) is 6.27. The van der Waals surface area contributed by atoms with Crippen LogP contribution in [0.1, 0.15) is 28.9 Å². The molecule has 94 valence electrons. The van der Waals surface area contributed by atoms with Crippen molar-refractivity contribution in [3.8, 4) is 0 Å². The number of rotatable bonds is 3. The van der Waals surface area contributed by atoms with Crippen molar-refractivity contribution in [3.05, 3.63) is 47.7 Å². The smallest absolute Gasteiger partial charge is 0.314 e. The summed E-state index contributed by atoms with van der Waals surface area (Å²) >= 11 is 0. The van der Waals surface area contributed by atoms with Gasteiger partial charge in [0.25, 0.3) is 5.89 Å². The molecule has 0 saturated carbocycles. The number of carbonyl (C=O) groups is 1. The van der Waals surface area contributed by atoms with Gasteiger partial charge in [-0.25, -0.2) is 4.98 Å². The van der Waals surface area contributed by atoms with E-state index in [1.165, 1.54) is 0 Å². The molecule has 0 saturated heterocycles. The molecule has 1 heterocycles. The van der Waals surface area contributed by atoms with Gasteiger partial charge in [-0.15, -0.1) is 0 Å². The van der Waals surface area contributed by atoms with Gasteiger partial charge in [0, 0.05) is 12.2 Å². The van der Waals surface area contributed by atoms with Gasteiger partial charge in [-0.2, -0.15) is 0 Å².